The fourth-order valence-corrected chi connectivity index (χ4v) is 2.64. The van der Waals surface area contributed by atoms with Crippen LogP contribution in [0.5, 0.6) is 0 Å². The minimum atomic E-state index is -0.226. The lowest BCUT2D eigenvalue weighted by molar-refractivity contribution is -0.121. The van der Waals surface area contributed by atoms with Gasteiger partial charge < -0.3 is 20.4 Å². The number of hydrogen-bond acceptors (Lipinski definition) is 4. The Hall–Kier alpha value is -1.58. The van der Waals surface area contributed by atoms with Crippen molar-refractivity contribution in [1.82, 2.24) is 20.5 Å². The van der Waals surface area contributed by atoms with Crippen LogP contribution in [0.15, 0.2) is 29.4 Å². The Morgan fingerprint density at radius 2 is 1.92 bits per heavy atom. The van der Waals surface area contributed by atoms with E-state index in [9.17, 15) is 4.79 Å². The number of guanidine groups is 1. The molecular weight excluding hydrogens is 431 g/mol. The Morgan fingerprint density at radius 1 is 1.24 bits per heavy atom. The molecule has 0 aromatic carbocycles. The van der Waals surface area contributed by atoms with Gasteiger partial charge in [-0.25, -0.2) is 4.98 Å². The zero-order valence-corrected chi connectivity index (χ0v) is 17.8. The summed E-state index contributed by atoms with van der Waals surface area (Å²) in [6.45, 7) is 9.58. The number of aliphatic imine (C=N–C) groups is 1. The third kappa shape index (κ3) is 7.05. The number of anilines is 1. The van der Waals surface area contributed by atoms with Gasteiger partial charge in [-0.15, -0.1) is 24.0 Å². The van der Waals surface area contributed by atoms with Gasteiger partial charge >= 0.3 is 0 Å². The Morgan fingerprint density at radius 3 is 2.44 bits per heavy atom. The molecule has 0 saturated carbocycles. The summed E-state index contributed by atoms with van der Waals surface area (Å²) >= 11 is 0. The van der Waals surface area contributed by atoms with E-state index in [4.69, 9.17) is 0 Å². The fourth-order valence-electron chi connectivity index (χ4n) is 2.64. The van der Waals surface area contributed by atoms with Crippen LogP contribution >= 0.6 is 24.0 Å². The van der Waals surface area contributed by atoms with Crippen LogP contribution in [-0.2, 0) is 4.79 Å². The molecule has 140 valence electrons. The van der Waals surface area contributed by atoms with Gasteiger partial charge in [-0.1, -0.05) is 6.07 Å². The molecule has 1 aromatic heterocycles. The second-order valence-electron chi connectivity index (χ2n) is 6.86. The minimum absolute atomic E-state index is 0. The molecule has 0 atom stereocenters. The average molecular weight is 460 g/mol. The number of carbonyl (C=O) groups is 1. The highest BCUT2D eigenvalue weighted by Crippen LogP contribution is 2.12. The number of rotatable bonds is 3. The number of nitrogens with one attached hydrogen (secondary N) is 2. The highest BCUT2D eigenvalue weighted by atomic mass is 127. The zero-order valence-electron chi connectivity index (χ0n) is 15.5. The van der Waals surface area contributed by atoms with Crippen molar-refractivity contribution in [2.75, 3.05) is 44.7 Å². The van der Waals surface area contributed by atoms with Crippen molar-refractivity contribution >= 4 is 41.7 Å². The largest absolute Gasteiger partial charge is 0.353 e. The van der Waals surface area contributed by atoms with Crippen LogP contribution in [0.2, 0.25) is 0 Å². The molecule has 25 heavy (non-hydrogen) atoms. The van der Waals surface area contributed by atoms with Gasteiger partial charge in [0.2, 0.25) is 5.91 Å². The standard InChI is InChI=1S/C17H28N6O.HI/c1-17(2,3)21-15(24)13-20-16(18-4)23-11-9-22(10-12-23)14-7-5-6-8-19-14;/h5-8H,9-13H2,1-4H3,(H,18,20)(H,21,24);1H. The highest BCUT2D eigenvalue weighted by Gasteiger charge is 2.21. The molecule has 8 heteroatoms. The predicted molar refractivity (Wildman–Crippen MR) is 113 cm³/mol. The lowest BCUT2D eigenvalue weighted by atomic mass is 10.1. The van der Waals surface area contributed by atoms with E-state index in [1.54, 1.807) is 7.05 Å². The molecule has 1 aromatic rings. The second-order valence-corrected chi connectivity index (χ2v) is 6.86. The third-order valence-corrected chi connectivity index (χ3v) is 3.69. The maximum atomic E-state index is 11.9. The summed E-state index contributed by atoms with van der Waals surface area (Å²) < 4.78 is 0. The molecule has 2 heterocycles. The SMILES string of the molecule is CN=C(NCC(=O)NC(C)(C)C)N1CCN(c2ccccn2)CC1.I. The Labute approximate surface area is 167 Å². The summed E-state index contributed by atoms with van der Waals surface area (Å²) in [7, 11) is 1.75. The number of hydrogen-bond donors (Lipinski definition) is 2. The van der Waals surface area contributed by atoms with Crippen molar-refractivity contribution in [2.45, 2.75) is 26.3 Å². The molecule has 1 aliphatic heterocycles. The van der Waals surface area contributed by atoms with E-state index in [1.165, 1.54) is 0 Å². The van der Waals surface area contributed by atoms with E-state index >= 15 is 0 Å². The van der Waals surface area contributed by atoms with E-state index in [-0.39, 0.29) is 42.0 Å². The van der Waals surface area contributed by atoms with Gasteiger partial charge in [0.15, 0.2) is 5.96 Å². The third-order valence-electron chi connectivity index (χ3n) is 3.69. The van der Waals surface area contributed by atoms with E-state index in [0.29, 0.717) is 0 Å². The van der Waals surface area contributed by atoms with E-state index < -0.39 is 0 Å². The normalized spacial score (nSPS) is 15.4. The van der Waals surface area contributed by atoms with Gasteiger partial charge in [0.1, 0.15) is 5.82 Å². The molecule has 7 nitrogen and oxygen atoms in total. The first-order valence-electron chi connectivity index (χ1n) is 8.31. The van der Waals surface area contributed by atoms with Crippen molar-refractivity contribution in [1.29, 1.82) is 0 Å². The molecule has 2 N–H and O–H groups in total. The van der Waals surface area contributed by atoms with Gasteiger partial charge in [0, 0.05) is 45.0 Å². The molecule has 0 spiro atoms. The minimum Gasteiger partial charge on any atom is -0.353 e. The fraction of sp³-hybridized carbons (Fsp3) is 0.588. The smallest absolute Gasteiger partial charge is 0.239 e. The van der Waals surface area contributed by atoms with Crippen molar-refractivity contribution in [3.63, 3.8) is 0 Å². The van der Waals surface area contributed by atoms with E-state index in [1.807, 2.05) is 45.2 Å². The number of pyridine rings is 1. The number of halogens is 1. The number of amides is 1. The lowest BCUT2D eigenvalue weighted by Crippen LogP contribution is -2.54. The first-order valence-corrected chi connectivity index (χ1v) is 8.31. The maximum Gasteiger partial charge on any atom is 0.239 e. The summed E-state index contributed by atoms with van der Waals surface area (Å²) in [6, 6.07) is 5.96. The zero-order chi connectivity index (χ0) is 17.6. The van der Waals surface area contributed by atoms with Gasteiger partial charge in [0.25, 0.3) is 0 Å². The summed E-state index contributed by atoms with van der Waals surface area (Å²) in [5.41, 5.74) is -0.226. The first kappa shape index (κ1) is 21.5. The molecule has 0 unspecified atom stereocenters. The number of nitrogens with zero attached hydrogens (tertiary/aromatic N) is 4. The molecule has 0 radical (unpaired) electrons. The Bertz CT molecular complexity index is 564. The van der Waals surface area contributed by atoms with Crippen LogP contribution in [0.3, 0.4) is 0 Å². The van der Waals surface area contributed by atoms with E-state index in [0.717, 1.165) is 38.0 Å². The number of aromatic nitrogens is 1. The maximum absolute atomic E-state index is 11.9. The van der Waals surface area contributed by atoms with Crippen molar-refractivity contribution in [2.24, 2.45) is 4.99 Å². The average Bonchev–Trinajstić information content (AvgIpc) is 2.55. The summed E-state index contributed by atoms with van der Waals surface area (Å²) in [6.07, 6.45) is 1.82. The summed E-state index contributed by atoms with van der Waals surface area (Å²) in [5, 5.41) is 6.08. The molecular formula is C17H29IN6O. The number of piperazine rings is 1. The second kappa shape index (κ2) is 9.79. The van der Waals surface area contributed by atoms with Crippen LogP contribution < -0.4 is 15.5 Å². The molecule has 0 bridgehead atoms. The molecule has 1 amide bonds. The highest BCUT2D eigenvalue weighted by molar-refractivity contribution is 14.0. The summed E-state index contributed by atoms with van der Waals surface area (Å²) in [5.74, 6) is 1.74. The van der Waals surface area contributed by atoms with Gasteiger partial charge in [-0.2, -0.15) is 0 Å². The van der Waals surface area contributed by atoms with Crippen molar-refractivity contribution < 1.29 is 4.79 Å². The van der Waals surface area contributed by atoms with Crippen LogP contribution in [0.25, 0.3) is 0 Å². The van der Waals surface area contributed by atoms with Gasteiger partial charge in [-0.3, -0.25) is 9.79 Å². The van der Waals surface area contributed by atoms with Crippen LogP contribution in [0.1, 0.15) is 20.8 Å². The molecule has 0 aliphatic carbocycles. The molecule has 1 aliphatic rings. The Kier molecular flexibility index (Phi) is 8.40. The van der Waals surface area contributed by atoms with E-state index in [2.05, 4.69) is 30.4 Å². The quantitative estimate of drug-likeness (QED) is 0.405. The molecule has 2 rings (SSSR count). The molecule has 1 saturated heterocycles. The van der Waals surface area contributed by atoms with Crippen LogP contribution in [-0.4, -0.2) is 67.1 Å². The van der Waals surface area contributed by atoms with Crippen molar-refractivity contribution in [3.05, 3.63) is 24.4 Å². The van der Waals surface area contributed by atoms with Gasteiger partial charge in [-0.05, 0) is 32.9 Å². The molecule has 1 fully saturated rings. The number of carbonyl (C=O) groups excluding carboxylic acids is 1. The Balaban J connectivity index is 0.00000312. The van der Waals surface area contributed by atoms with Gasteiger partial charge in [0.05, 0.1) is 6.54 Å². The first-order chi connectivity index (χ1) is 11.4. The topological polar surface area (TPSA) is 72.9 Å². The predicted octanol–water partition coefficient (Wildman–Crippen LogP) is 1.31. The summed E-state index contributed by atoms with van der Waals surface area (Å²) in [4.78, 5) is 25.1. The monoisotopic (exact) mass is 460 g/mol. The lowest BCUT2D eigenvalue weighted by Gasteiger charge is -2.37. The van der Waals surface area contributed by atoms with Crippen molar-refractivity contribution in [3.8, 4) is 0 Å². The van der Waals surface area contributed by atoms with Crippen LogP contribution in [0, 0.1) is 0 Å². The van der Waals surface area contributed by atoms with Crippen LogP contribution in [0.4, 0.5) is 5.82 Å².